The predicted octanol–water partition coefficient (Wildman–Crippen LogP) is 1.50. The fourth-order valence-corrected chi connectivity index (χ4v) is 2.57. The summed E-state index contributed by atoms with van der Waals surface area (Å²) in [5.74, 6) is -0.948. The van der Waals surface area contributed by atoms with Crippen molar-refractivity contribution in [3.8, 4) is 0 Å². The number of anilines is 1. The molecular formula is C18H18N4O4. The summed E-state index contributed by atoms with van der Waals surface area (Å²) in [7, 11) is 3.30. The Morgan fingerprint density at radius 3 is 2.46 bits per heavy atom. The lowest BCUT2D eigenvalue weighted by Gasteiger charge is -2.08. The van der Waals surface area contributed by atoms with Crippen molar-refractivity contribution in [3.05, 3.63) is 53.9 Å². The molecule has 26 heavy (non-hydrogen) atoms. The fraction of sp³-hybridized carbons (Fsp3) is 0.167. The van der Waals surface area contributed by atoms with Gasteiger partial charge < -0.3 is 24.9 Å². The summed E-state index contributed by atoms with van der Waals surface area (Å²) in [6.45, 7) is -0.178. The third-order valence-electron chi connectivity index (χ3n) is 3.96. The highest BCUT2D eigenvalue weighted by molar-refractivity contribution is 6.01. The molecule has 0 fully saturated rings. The summed E-state index contributed by atoms with van der Waals surface area (Å²) in [6, 6.07) is 9.84. The molecular weight excluding hydrogens is 336 g/mol. The highest BCUT2D eigenvalue weighted by Crippen LogP contribution is 2.19. The lowest BCUT2D eigenvalue weighted by Crippen LogP contribution is -2.33. The first-order valence-corrected chi connectivity index (χ1v) is 7.92. The molecule has 8 heteroatoms. The van der Waals surface area contributed by atoms with Gasteiger partial charge in [-0.1, -0.05) is 0 Å². The molecule has 0 aliphatic carbocycles. The van der Waals surface area contributed by atoms with E-state index in [1.165, 1.54) is 0 Å². The monoisotopic (exact) mass is 354 g/mol. The van der Waals surface area contributed by atoms with E-state index in [-0.39, 0.29) is 24.3 Å². The second-order valence-corrected chi connectivity index (χ2v) is 5.65. The van der Waals surface area contributed by atoms with Gasteiger partial charge in [-0.15, -0.1) is 0 Å². The van der Waals surface area contributed by atoms with E-state index in [9.17, 15) is 14.4 Å². The molecule has 3 aromatic rings. The minimum atomic E-state index is -0.371. The van der Waals surface area contributed by atoms with Crippen LogP contribution in [-0.4, -0.2) is 35.9 Å². The van der Waals surface area contributed by atoms with Gasteiger partial charge in [0.2, 0.25) is 5.91 Å². The minimum absolute atomic E-state index is 0.178. The Bertz CT molecular complexity index is 969. The van der Waals surface area contributed by atoms with Crippen molar-refractivity contribution in [2.24, 2.45) is 7.05 Å². The first kappa shape index (κ1) is 17.3. The number of nitrogens with one attached hydrogen (secondary N) is 3. The van der Waals surface area contributed by atoms with Crippen molar-refractivity contribution < 1.29 is 18.8 Å². The molecule has 0 spiro atoms. The standard InChI is InChI=1S/C18H18N4O4/c1-19-17(24)11-3-5-12(6-4-11)21-16(23)10-20-18(25)14-9-15-13(22(14)2)7-8-26-15/h3-9H,10H2,1-2H3,(H,19,24)(H,20,25)(H,21,23). The Labute approximate surface area is 149 Å². The number of furan rings is 1. The summed E-state index contributed by atoms with van der Waals surface area (Å²) >= 11 is 0. The van der Waals surface area contributed by atoms with Gasteiger partial charge in [0.25, 0.3) is 11.8 Å². The van der Waals surface area contributed by atoms with E-state index in [0.717, 1.165) is 5.52 Å². The number of hydrogen-bond donors (Lipinski definition) is 3. The largest absolute Gasteiger partial charge is 0.463 e. The van der Waals surface area contributed by atoms with E-state index in [1.54, 1.807) is 61.3 Å². The van der Waals surface area contributed by atoms with E-state index >= 15 is 0 Å². The van der Waals surface area contributed by atoms with E-state index in [0.29, 0.717) is 22.5 Å². The van der Waals surface area contributed by atoms with Crippen LogP contribution in [-0.2, 0) is 11.8 Å². The molecule has 0 radical (unpaired) electrons. The van der Waals surface area contributed by atoms with Crippen molar-refractivity contribution >= 4 is 34.5 Å². The number of fused-ring (bicyclic) bond motifs is 1. The Kier molecular flexibility index (Phi) is 4.74. The number of benzene rings is 1. The predicted molar refractivity (Wildman–Crippen MR) is 96.0 cm³/mol. The summed E-state index contributed by atoms with van der Waals surface area (Å²) in [6.07, 6.45) is 1.55. The van der Waals surface area contributed by atoms with Crippen LogP contribution in [0.2, 0.25) is 0 Å². The number of rotatable bonds is 5. The smallest absolute Gasteiger partial charge is 0.268 e. The topological polar surface area (TPSA) is 105 Å². The maximum absolute atomic E-state index is 12.2. The average Bonchev–Trinajstić information content (AvgIpc) is 3.23. The maximum atomic E-state index is 12.2. The molecule has 0 saturated carbocycles. The second-order valence-electron chi connectivity index (χ2n) is 5.65. The van der Waals surface area contributed by atoms with Crippen molar-refractivity contribution in [2.45, 2.75) is 0 Å². The molecule has 1 aromatic carbocycles. The highest BCUT2D eigenvalue weighted by atomic mass is 16.3. The van der Waals surface area contributed by atoms with Gasteiger partial charge in [0.15, 0.2) is 5.58 Å². The normalized spacial score (nSPS) is 10.5. The highest BCUT2D eigenvalue weighted by Gasteiger charge is 2.15. The van der Waals surface area contributed by atoms with Gasteiger partial charge in [-0.05, 0) is 24.3 Å². The molecule has 3 amide bonds. The summed E-state index contributed by atoms with van der Waals surface area (Å²) in [5, 5.41) is 7.75. The molecule has 0 atom stereocenters. The third-order valence-corrected chi connectivity index (χ3v) is 3.96. The van der Waals surface area contributed by atoms with Crippen LogP contribution in [0.1, 0.15) is 20.8 Å². The zero-order chi connectivity index (χ0) is 18.7. The lowest BCUT2D eigenvalue weighted by molar-refractivity contribution is -0.115. The van der Waals surface area contributed by atoms with E-state index in [1.807, 2.05) is 0 Å². The van der Waals surface area contributed by atoms with Crippen LogP contribution in [0.25, 0.3) is 11.1 Å². The molecule has 2 heterocycles. The Morgan fingerprint density at radius 2 is 1.81 bits per heavy atom. The van der Waals surface area contributed by atoms with Crippen molar-refractivity contribution in [1.29, 1.82) is 0 Å². The van der Waals surface area contributed by atoms with E-state index in [2.05, 4.69) is 16.0 Å². The first-order valence-electron chi connectivity index (χ1n) is 7.92. The molecule has 0 bridgehead atoms. The fourth-order valence-electron chi connectivity index (χ4n) is 2.57. The number of aryl methyl sites for hydroxylation is 1. The number of amides is 3. The Hall–Kier alpha value is -3.55. The van der Waals surface area contributed by atoms with Gasteiger partial charge in [0, 0.05) is 37.5 Å². The Morgan fingerprint density at radius 1 is 1.08 bits per heavy atom. The average molecular weight is 354 g/mol. The van der Waals surface area contributed by atoms with Crippen LogP contribution in [0.5, 0.6) is 0 Å². The quantitative estimate of drug-likeness (QED) is 0.646. The van der Waals surface area contributed by atoms with Crippen molar-refractivity contribution in [1.82, 2.24) is 15.2 Å². The Balaban J connectivity index is 1.56. The maximum Gasteiger partial charge on any atom is 0.268 e. The molecule has 8 nitrogen and oxygen atoms in total. The molecule has 134 valence electrons. The van der Waals surface area contributed by atoms with Gasteiger partial charge in [0.05, 0.1) is 18.3 Å². The summed E-state index contributed by atoms with van der Waals surface area (Å²) in [5.41, 5.74) is 2.84. The van der Waals surface area contributed by atoms with Crippen LogP contribution < -0.4 is 16.0 Å². The van der Waals surface area contributed by atoms with Crippen LogP contribution in [0.4, 0.5) is 5.69 Å². The van der Waals surface area contributed by atoms with Crippen molar-refractivity contribution in [2.75, 3.05) is 18.9 Å². The van der Waals surface area contributed by atoms with Gasteiger partial charge in [0.1, 0.15) is 5.69 Å². The van der Waals surface area contributed by atoms with Gasteiger partial charge in [-0.3, -0.25) is 14.4 Å². The molecule has 3 rings (SSSR count). The molecule has 0 aliphatic heterocycles. The molecule has 3 N–H and O–H groups in total. The molecule has 0 aliphatic rings. The minimum Gasteiger partial charge on any atom is -0.463 e. The summed E-state index contributed by atoms with van der Waals surface area (Å²) < 4.78 is 6.96. The van der Waals surface area contributed by atoms with E-state index < -0.39 is 0 Å². The zero-order valence-electron chi connectivity index (χ0n) is 14.3. The van der Waals surface area contributed by atoms with Crippen LogP contribution >= 0.6 is 0 Å². The van der Waals surface area contributed by atoms with Crippen molar-refractivity contribution in [3.63, 3.8) is 0 Å². The first-order chi connectivity index (χ1) is 12.5. The number of carbonyl (C=O) groups excluding carboxylic acids is 3. The van der Waals surface area contributed by atoms with Crippen LogP contribution in [0, 0.1) is 0 Å². The van der Waals surface area contributed by atoms with E-state index in [4.69, 9.17) is 4.42 Å². The number of nitrogens with zero attached hydrogens (tertiary/aromatic N) is 1. The molecule has 0 saturated heterocycles. The molecule has 2 aromatic heterocycles. The van der Waals surface area contributed by atoms with Crippen LogP contribution in [0.15, 0.2) is 47.1 Å². The third kappa shape index (κ3) is 3.44. The van der Waals surface area contributed by atoms with Gasteiger partial charge in [-0.2, -0.15) is 0 Å². The van der Waals surface area contributed by atoms with Gasteiger partial charge in [-0.25, -0.2) is 0 Å². The van der Waals surface area contributed by atoms with Gasteiger partial charge >= 0.3 is 0 Å². The summed E-state index contributed by atoms with van der Waals surface area (Å²) in [4.78, 5) is 35.7. The number of aromatic nitrogens is 1. The lowest BCUT2D eigenvalue weighted by atomic mass is 10.2. The van der Waals surface area contributed by atoms with Crippen LogP contribution in [0.3, 0.4) is 0 Å². The number of carbonyl (C=O) groups is 3. The second kappa shape index (κ2) is 7.14. The number of hydrogen-bond acceptors (Lipinski definition) is 4. The molecule has 0 unspecified atom stereocenters. The zero-order valence-corrected chi connectivity index (χ0v) is 14.3. The SMILES string of the molecule is CNC(=O)c1ccc(NC(=O)CNC(=O)c2cc3occc3n2C)cc1.